The van der Waals surface area contributed by atoms with Crippen LogP contribution in [0.25, 0.3) is 0 Å². The Kier molecular flexibility index (Phi) is 4.60. The molecule has 0 saturated heterocycles. The highest BCUT2D eigenvalue weighted by Gasteiger charge is 2.20. The zero-order chi connectivity index (χ0) is 14.5. The van der Waals surface area contributed by atoms with E-state index in [0.717, 1.165) is 22.2 Å². The molecule has 1 saturated carbocycles. The molecule has 1 fully saturated rings. The van der Waals surface area contributed by atoms with Crippen molar-refractivity contribution in [3.05, 3.63) is 42.0 Å². The molecular formula is C16H19N3OS. The summed E-state index contributed by atoms with van der Waals surface area (Å²) in [4.78, 5) is 0. The lowest BCUT2D eigenvalue weighted by Crippen LogP contribution is -2.25. The molecule has 1 aromatic carbocycles. The Labute approximate surface area is 129 Å². The molecule has 1 aliphatic carbocycles. The largest absolute Gasteiger partial charge is 0.490 e. The molecule has 0 unspecified atom stereocenters. The number of nitrogens with zero attached hydrogens (tertiary/aromatic N) is 2. The summed E-state index contributed by atoms with van der Waals surface area (Å²) in [5.41, 5.74) is 1.15. The van der Waals surface area contributed by atoms with Gasteiger partial charge in [-0.1, -0.05) is 18.2 Å². The van der Waals surface area contributed by atoms with Crippen LogP contribution in [0.15, 0.2) is 41.4 Å². The summed E-state index contributed by atoms with van der Waals surface area (Å²) < 4.78 is 6.03. The number of thioether (sulfide) groups is 1. The van der Waals surface area contributed by atoms with Crippen molar-refractivity contribution in [1.29, 1.82) is 0 Å². The number of ether oxygens (including phenoxy) is 1. The fourth-order valence-electron chi connectivity index (χ4n) is 2.14. The Hall–Kier alpha value is -1.75. The molecule has 0 amide bonds. The van der Waals surface area contributed by atoms with E-state index in [-0.39, 0.29) is 0 Å². The molecule has 1 aromatic heterocycles. The van der Waals surface area contributed by atoms with Crippen molar-refractivity contribution in [1.82, 2.24) is 10.2 Å². The van der Waals surface area contributed by atoms with Gasteiger partial charge in [-0.15, -0.1) is 22.0 Å². The minimum atomic E-state index is 0.395. The van der Waals surface area contributed by atoms with Gasteiger partial charge in [0.25, 0.3) is 0 Å². The third-order valence-electron chi connectivity index (χ3n) is 3.63. The molecule has 1 aliphatic rings. The standard InChI is InChI=1S/C16H19N3OS/c1-21-16-10-9-15(18-19-16)17-11-12-5-2-3-8-14(12)20-13-6-4-7-13/h2-3,5,8-10,13H,4,6-7,11H2,1H3,(H,17,18). The summed E-state index contributed by atoms with van der Waals surface area (Å²) in [6.07, 6.45) is 6.01. The summed E-state index contributed by atoms with van der Waals surface area (Å²) in [5, 5.41) is 12.5. The zero-order valence-corrected chi connectivity index (χ0v) is 12.9. The highest BCUT2D eigenvalue weighted by Crippen LogP contribution is 2.27. The van der Waals surface area contributed by atoms with E-state index < -0.39 is 0 Å². The van der Waals surface area contributed by atoms with Crippen molar-refractivity contribution in [2.45, 2.75) is 36.9 Å². The average molecular weight is 301 g/mol. The summed E-state index contributed by atoms with van der Waals surface area (Å²) in [6.45, 7) is 0.691. The molecule has 2 aromatic rings. The lowest BCUT2D eigenvalue weighted by Gasteiger charge is -2.27. The number of rotatable bonds is 6. The van der Waals surface area contributed by atoms with Gasteiger partial charge in [-0.25, -0.2) is 0 Å². The maximum absolute atomic E-state index is 6.03. The van der Waals surface area contributed by atoms with E-state index in [0.29, 0.717) is 12.6 Å². The third kappa shape index (κ3) is 3.67. The monoisotopic (exact) mass is 301 g/mol. The minimum Gasteiger partial charge on any atom is -0.490 e. The Morgan fingerprint density at radius 3 is 2.71 bits per heavy atom. The van der Waals surface area contributed by atoms with Gasteiger partial charge in [0.05, 0.1) is 6.10 Å². The van der Waals surface area contributed by atoms with Crippen LogP contribution in [0, 0.1) is 0 Å². The molecule has 0 bridgehead atoms. The van der Waals surface area contributed by atoms with Gasteiger partial charge in [-0.3, -0.25) is 0 Å². The number of aromatic nitrogens is 2. The topological polar surface area (TPSA) is 47.0 Å². The fraction of sp³-hybridized carbons (Fsp3) is 0.375. The molecule has 21 heavy (non-hydrogen) atoms. The molecule has 0 radical (unpaired) electrons. The first-order valence-electron chi connectivity index (χ1n) is 7.21. The molecule has 110 valence electrons. The first-order valence-corrected chi connectivity index (χ1v) is 8.44. The Morgan fingerprint density at radius 2 is 2.05 bits per heavy atom. The van der Waals surface area contributed by atoms with Crippen LogP contribution in [0.3, 0.4) is 0 Å². The van der Waals surface area contributed by atoms with E-state index in [4.69, 9.17) is 4.74 Å². The van der Waals surface area contributed by atoms with Crippen molar-refractivity contribution < 1.29 is 4.74 Å². The van der Waals surface area contributed by atoms with Gasteiger partial charge >= 0.3 is 0 Å². The summed E-state index contributed by atoms with van der Waals surface area (Å²) in [6, 6.07) is 12.1. The zero-order valence-electron chi connectivity index (χ0n) is 12.1. The predicted molar refractivity (Wildman–Crippen MR) is 85.8 cm³/mol. The highest BCUT2D eigenvalue weighted by atomic mass is 32.2. The number of nitrogens with one attached hydrogen (secondary N) is 1. The Morgan fingerprint density at radius 1 is 1.19 bits per heavy atom. The quantitative estimate of drug-likeness (QED) is 0.824. The van der Waals surface area contributed by atoms with Crippen LogP contribution < -0.4 is 10.1 Å². The molecule has 0 aliphatic heterocycles. The molecule has 3 rings (SSSR count). The lowest BCUT2D eigenvalue weighted by molar-refractivity contribution is 0.119. The molecular weight excluding hydrogens is 282 g/mol. The normalized spacial score (nSPS) is 14.5. The Bertz CT molecular complexity index is 584. The molecule has 4 nitrogen and oxygen atoms in total. The van der Waals surface area contributed by atoms with Gasteiger partial charge in [0.15, 0.2) is 0 Å². The second kappa shape index (κ2) is 6.80. The second-order valence-electron chi connectivity index (χ2n) is 5.09. The smallest absolute Gasteiger partial charge is 0.148 e. The van der Waals surface area contributed by atoms with E-state index in [9.17, 15) is 0 Å². The van der Waals surface area contributed by atoms with Crippen molar-refractivity contribution in [2.24, 2.45) is 0 Å². The molecule has 5 heteroatoms. The number of hydrogen-bond donors (Lipinski definition) is 1. The van der Waals surface area contributed by atoms with Gasteiger partial charge < -0.3 is 10.1 Å². The van der Waals surface area contributed by atoms with Crippen LogP contribution in [-0.4, -0.2) is 22.6 Å². The Balaban J connectivity index is 1.63. The van der Waals surface area contributed by atoms with Crippen LogP contribution in [-0.2, 0) is 6.54 Å². The predicted octanol–water partition coefficient (Wildman–Crippen LogP) is 3.74. The fourth-order valence-corrected chi connectivity index (χ4v) is 2.47. The van der Waals surface area contributed by atoms with Crippen molar-refractivity contribution >= 4 is 17.6 Å². The molecule has 0 spiro atoms. The van der Waals surface area contributed by atoms with Crippen LogP contribution >= 0.6 is 11.8 Å². The van der Waals surface area contributed by atoms with Crippen molar-refractivity contribution in [3.63, 3.8) is 0 Å². The SMILES string of the molecule is CSc1ccc(NCc2ccccc2OC2CCC2)nn1. The van der Waals surface area contributed by atoms with Gasteiger partial charge in [-0.05, 0) is 43.7 Å². The van der Waals surface area contributed by atoms with E-state index in [1.165, 1.54) is 19.3 Å². The number of para-hydroxylation sites is 1. The third-order valence-corrected chi connectivity index (χ3v) is 4.26. The summed E-state index contributed by atoms with van der Waals surface area (Å²) in [7, 11) is 0. The molecule has 0 atom stereocenters. The first-order chi connectivity index (χ1) is 10.3. The first kappa shape index (κ1) is 14.2. The second-order valence-corrected chi connectivity index (χ2v) is 5.92. The molecule has 1 N–H and O–H groups in total. The van der Waals surface area contributed by atoms with E-state index in [1.54, 1.807) is 11.8 Å². The van der Waals surface area contributed by atoms with Crippen LogP contribution in [0.1, 0.15) is 24.8 Å². The van der Waals surface area contributed by atoms with Gasteiger partial charge in [-0.2, -0.15) is 0 Å². The maximum Gasteiger partial charge on any atom is 0.148 e. The van der Waals surface area contributed by atoms with E-state index in [2.05, 4.69) is 21.6 Å². The maximum atomic E-state index is 6.03. The van der Waals surface area contributed by atoms with Crippen LogP contribution in [0.4, 0.5) is 5.82 Å². The van der Waals surface area contributed by atoms with Gasteiger partial charge in [0.2, 0.25) is 0 Å². The van der Waals surface area contributed by atoms with Crippen LogP contribution in [0.2, 0.25) is 0 Å². The van der Waals surface area contributed by atoms with Crippen molar-refractivity contribution in [3.8, 4) is 5.75 Å². The van der Waals surface area contributed by atoms with E-state index in [1.807, 2.05) is 36.6 Å². The molecule has 1 heterocycles. The lowest BCUT2D eigenvalue weighted by atomic mass is 9.96. The summed E-state index contributed by atoms with van der Waals surface area (Å²) in [5.74, 6) is 1.76. The van der Waals surface area contributed by atoms with Crippen molar-refractivity contribution in [2.75, 3.05) is 11.6 Å². The summed E-state index contributed by atoms with van der Waals surface area (Å²) >= 11 is 1.59. The number of anilines is 1. The van der Waals surface area contributed by atoms with E-state index >= 15 is 0 Å². The van der Waals surface area contributed by atoms with Gasteiger partial charge in [0, 0.05) is 12.1 Å². The highest BCUT2D eigenvalue weighted by molar-refractivity contribution is 7.98. The number of hydrogen-bond acceptors (Lipinski definition) is 5. The average Bonchev–Trinajstić information content (AvgIpc) is 2.50. The van der Waals surface area contributed by atoms with Gasteiger partial charge in [0.1, 0.15) is 16.6 Å². The minimum absolute atomic E-state index is 0.395. The van der Waals surface area contributed by atoms with Crippen LogP contribution in [0.5, 0.6) is 5.75 Å². The number of benzene rings is 1.